The van der Waals surface area contributed by atoms with Crippen LogP contribution in [0.3, 0.4) is 0 Å². The molecule has 214 valence electrons. The van der Waals surface area contributed by atoms with Crippen LogP contribution in [0.5, 0.6) is 5.75 Å². The molecule has 5 rings (SSSR count). The molecule has 0 aliphatic carbocycles. The highest BCUT2D eigenvalue weighted by Crippen LogP contribution is 2.58. The van der Waals surface area contributed by atoms with Gasteiger partial charge in [-0.15, -0.1) is 0 Å². The Bertz CT molecular complexity index is 1590. The fourth-order valence-electron chi connectivity index (χ4n) is 6.18. The number of H-pyrrole nitrogens is 1. The summed E-state index contributed by atoms with van der Waals surface area (Å²) in [5.74, 6) is -2.30. The first-order valence-corrected chi connectivity index (χ1v) is 14.4. The summed E-state index contributed by atoms with van der Waals surface area (Å²) in [6.45, 7) is 3.33. The molecule has 1 fully saturated rings. The van der Waals surface area contributed by atoms with Crippen molar-refractivity contribution in [3.63, 3.8) is 0 Å². The minimum Gasteiger partial charge on any atom is -0.496 e. The van der Waals surface area contributed by atoms with Crippen molar-refractivity contribution >= 4 is 8.53 Å². The Morgan fingerprint density at radius 1 is 1.00 bits per heavy atom. The van der Waals surface area contributed by atoms with Gasteiger partial charge < -0.3 is 18.9 Å². The third-order valence-corrected chi connectivity index (χ3v) is 8.25. The first-order valence-electron chi connectivity index (χ1n) is 13.1. The second kappa shape index (κ2) is 11.3. The van der Waals surface area contributed by atoms with Gasteiger partial charge in [-0.1, -0.05) is 78.9 Å². The van der Waals surface area contributed by atoms with E-state index in [-0.39, 0.29) is 5.56 Å². The number of aromatic amines is 1. The van der Waals surface area contributed by atoms with Gasteiger partial charge in [-0.25, -0.2) is 4.79 Å². The number of nitrogens with one attached hydrogen (secondary N) is 1. The minimum absolute atomic E-state index is 0.263. The Morgan fingerprint density at radius 3 is 2.12 bits per heavy atom. The third-order valence-electron chi connectivity index (χ3n) is 7.79. The van der Waals surface area contributed by atoms with E-state index in [1.54, 1.807) is 21.0 Å². The lowest BCUT2D eigenvalue weighted by atomic mass is 9.58. The quantitative estimate of drug-likeness (QED) is 0.184. The van der Waals surface area contributed by atoms with Crippen LogP contribution in [-0.2, 0) is 20.5 Å². The topological polar surface area (TPSA) is 155 Å². The zero-order chi connectivity index (χ0) is 29.4. The van der Waals surface area contributed by atoms with Crippen LogP contribution in [0.4, 0.5) is 0 Å². The Labute approximate surface area is 238 Å². The maximum Gasteiger partial charge on any atom is 0.331 e. The molecular weight excluding hydrogens is 543 g/mol. The number of aromatic nitrogens is 2. The van der Waals surface area contributed by atoms with Gasteiger partial charge in [0.05, 0.1) is 24.5 Å². The summed E-state index contributed by atoms with van der Waals surface area (Å²) in [6, 6.07) is 26.8. The molecule has 4 aromatic rings. The van der Waals surface area contributed by atoms with E-state index in [1.165, 1.54) is 10.8 Å². The van der Waals surface area contributed by atoms with Crippen molar-refractivity contribution in [2.45, 2.75) is 37.3 Å². The molecule has 10 nitrogen and oxygen atoms in total. The molecule has 6 N–H and O–H groups in total. The van der Waals surface area contributed by atoms with Crippen molar-refractivity contribution in [2.24, 2.45) is 17.2 Å². The molecule has 0 amide bonds. The highest BCUT2D eigenvalue weighted by Gasteiger charge is 2.65. The monoisotopic (exact) mass is 576 g/mol. The molecule has 0 bridgehead atoms. The van der Waals surface area contributed by atoms with E-state index in [4.69, 9.17) is 25.2 Å². The molecule has 1 aliphatic rings. The molecule has 1 aliphatic heterocycles. The first-order chi connectivity index (χ1) is 19.6. The standard InChI is InChI=1S/C30H33N4O6P/c1-19-18-34(28(36)33-27(19)35)30(31)26(25(20(2)39-30)40-41(32)37)29(21-12-6-4-7-13-21,22-14-8-5-9-15-22)23-16-10-11-17-24(23)38-3/h4-18,20,25-26,37H,31-32H2,1-3H3,(H,33,35,36)/t20-,25-,26?,30+,41?/m1/s1. The van der Waals surface area contributed by atoms with Crippen LogP contribution in [0.15, 0.2) is 101 Å². The maximum atomic E-state index is 13.4. The zero-order valence-electron chi connectivity index (χ0n) is 22.9. The van der Waals surface area contributed by atoms with E-state index in [0.717, 1.165) is 16.7 Å². The number of rotatable bonds is 8. The number of para-hydroxylation sites is 1. The van der Waals surface area contributed by atoms with Crippen molar-refractivity contribution in [1.29, 1.82) is 0 Å². The van der Waals surface area contributed by atoms with Gasteiger partial charge in [-0.3, -0.25) is 25.6 Å². The van der Waals surface area contributed by atoms with Crippen LogP contribution in [0, 0.1) is 12.8 Å². The summed E-state index contributed by atoms with van der Waals surface area (Å²) >= 11 is 0. The van der Waals surface area contributed by atoms with Crippen molar-refractivity contribution < 1.29 is 18.9 Å². The van der Waals surface area contributed by atoms with Crippen molar-refractivity contribution in [3.8, 4) is 5.75 Å². The molecule has 0 radical (unpaired) electrons. The fraction of sp³-hybridized carbons (Fsp3) is 0.267. The van der Waals surface area contributed by atoms with Crippen LogP contribution in [-0.4, -0.2) is 33.8 Å². The number of benzene rings is 3. The van der Waals surface area contributed by atoms with Gasteiger partial charge in [0.25, 0.3) is 14.1 Å². The summed E-state index contributed by atoms with van der Waals surface area (Å²) in [7, 11) is -0.788. The fourth-order valence-corrected chi connectivity index (χ4v) is 6.72. The average Bonchev–Trinajstić information content (AvgIpc) is 3.22. The van der Waals surface area contributed by atoms with E-state index in [2.05, 4.69) is 4.98 Å². The van der Waals surface area contributed by atoms with Gasteiger partial charge in [0, 0.05) is 17.3 Å². The lowest BCUT2D eigenvalue weighted by molar-refractivity contribution is -0.122. The summed E-state index contributed by atoms with van der Waals surface area (Å²) in [4.78, 5) is 38.5. The maximum absolute atomic E-state index is 13.4. The number of methoxy groups -OCH3 is 1. The smallest absolute Gasteiger partial charge is 0.331 e. The van der Waals surface area contributed by atoms with Gasteiger partial charge in [-0.2, -0.15) is 0 Å². The van der Waals surface area contributed by atoms with E-state index < -0.39 is 49.2 Å². The van der Waals surface area contributed by atoms with E-state index >= 15 is 0 Å². The molecule has 3 aromatic carbocycles. The summed E-state index contributed by atoms with van der Waals surface area (Å²) in [6.07, 6.45) is -0.284. The van der Waals surface area contributed by atoms with Gasteiger partial charge in [0.1, 0.15) is 11.9 Å². The van der Waals surface area contributed by atoms with Gasteiger partial charge in [-0.05, 0) is 31.0 Å². The molecular formula is C30H33N4O6P. The molecule has 0 spiro atoms. The molecule has 2 heterocycles. The molecule has 5 atom stereocenters. The summed E-state index contributed by atoms with van der Waals surface area (Å²) in [5, 5.41) is 0. The summed E-state index contributed by atoms with van der Waals surface area (Å²) in [5.41, 5.74) is 13.2. The first kappa shape index (κ1) is 28.9. The van der Waals surface area contributed by atoms with E-state index in [9.17, 15) is 14.5 Å². The molecule has 1 saturated heterocycles. The van der Waals surface area contributed by atoms with Crippen LogP contribution >= 0.6 is 8.53 Å². The van der Waals surface area contributed by atoms with Crippen LogP contribution < -0.4 is 27.2 Å². The minimum atomic E-state index is -2.37. The Hall–Kier alpha value is -3.63. The van der Waals surface area contributed by atoms with Crippen molar-refractivity contribution in [1.82, 2.24) is 9.55 Å². The average molecular weight is 577 g/mol. The lowest BCUT2D eigenvalue weighted by Crippen LogP contribution is -2.61. The summed E-state index contributed by atoms with van der Waals surface area (Å²) < 4.78 is 19.6. The number of aryl methyl sites for hydroxylation is 1. The molecule has 11 heteroatoms. The Morgan fingerprint density at radius 2 is 1.56 bits per heavy atom. The highest BCUT2D eigenvalue weighted by molar-refractivity contribution is 7.43. The van der Waals surface area contributed by atoms with Crippen molar-refractivity contribution in [3.05, 3.63) is 134 Å². The number of nitrogens with zero attached hydrogens (tertiary/aromatic N) is 1. The van der Waals surface area contributed by atoms with Gasteiger partial charge >= 0.3 is 5.69 Å². The highest BCUT2D eigenvalue weighted by atomic mass is 31.2. The molecule has 41 heavy (non-hydrogen) atoms. The van der Waals surface area contributed by atoms with Crippen LogP contribution in [0.25, 0.3) is 0 Å². The van der Waals surface area contributed by atoms with Gasteiger partial charge in [0.2, 0.25) is 5.85 Å². The lowest BCUT2D eigenvalue weighted by Gasteiger charge is -2.48. The van der Waals surface area contributed by atoms with Crippen LogP contribution in [0.1, 0.15) is 29.2 Å². The number of nitrogens with two attached hydrogens (primary N) is 2. The second-order valence-electron chi connectivity index (χ2n) is 10.1. The largest absolute Gasteiger partial charge is 0.496 e. The Balaban J connectivity index is 1.99. The van der Waals surface area contributed by atoms with E-state index in [1.807, 2.05) is 84.9 Å². The predicted molar refractivity (Wildman–Crippen MR) is 156 cm³/mol. The van der Waals surface area contributed by atoms with Crippen LogP contribution in [0.2, 0.25) is 0 Å². The second-order valence-corrected chi connectivity index (χ2v) is 10.9. The van der Waals surface area contributed by atoms with E-state index in [0.29, 0.717) is 5.75 Å². The Kier molecular flexibility index (Phi) is 7.98. The number of hydrogen-bond donors (Lipinski definition) is 4. The number of hydrogen-bond acceptors (Lipinski definition) is 8. The molecule has 0 saturated carbocycles. The SMILES string of the molecule is COc1ccccc1C(c1ccccc1)(c1ccccc1)C1[C@H](OP(N)O)[C@@H](C)O[C@@]1(N)n1cc(C)c(=O)[nH]c1=O. The predicted octanol–water partition coefficient (Wildman–Crippen LogP) is 3.06. The molecule has 1 aromatic heterocycles. The normalized spacial score (nSPS) is 23.3. The molecule has 2 unspecified atom stereocenters. The van der Waals surface area contributed by atoms with Gasteiger partial charge in [0.15, 0.2) is 0 Å². The van der Waals surface area contributed by atoms with Crippen molar-refractivity contribution in [2.75, 3.05) is 7.11 Å². The third kappa shape index (κ3) is 4.82. The zero-order valence-corrected chi connectivity index (χ0v) is 23.8. The number of ether oxygens (including phenoxy) is 2.